The van der Waals surface area contributed by atoms with Gasteiger partial charge >= 0.3 is 0 Å². The molecule has 0 aromatic carbocycles. The van der Waals surface area contributed by atoms with Crippen molar-refractivity contribution >= 4 is 11.6 Å². The zero-order chi connectivity index (χ0) is 17.6. The normalized spacial score (nSPS) is 23.8. The molecule has 1 aromatic rings. The van der Waals surface area contributed by atoms with Crippen LogP contribution in [0.5, 0.6) is 5.88 Å². The van der Waals surface area contributed by atoms with Crippen LogP contribution in [0.15, 0.2) is 12.3 Å². The van der Waals surface area contributed by atoms with Crippen molar-refractivity contribution in [2.45, 2.75) is 45.1 Å². The fourth-order valence-corrected chi connectivity index (χ4v) is 3.24. The first kappa shape index (κ1) is 18.7. The average molecular weight is 336 g/mol. The lowest BCUT2D eigenvalue weighted by molar-refractivity contribution is -0.143. The molecule has 6 heteroatoms. The predicted octanol–water partition coefficient (Wildman–Crippen LogP) is 2.95. The van der Waals surface area contributed by atoms with Gasteiger partial charge in [-0.2, -0.15) is 0 Å². The van der Waals surface area contributed by atoms with E-state index in [1.165, 1.54) is 0 Å². The number of ether oxygens (including phenoxy) is 3. The van der Waals surface area contributed by atoms with E-state index < -0.39 is 5.60 Å². The van der Waals surface area contributed by atoms with E-state index in [1.54, 1.807) is 20.4 Å². The third kappa shape index (κ3) is 4.45. The van der Waals surface area contributed by atoms with Gasteiger partial charge in [0.2, 0.25) is 5.88 Å². The molecule has 1 aliphatic carbocycles. The molecule has 1 amide bonds. The third-order valence-electron chi connectivity index (χ3n) is 4.57. The van der Waals surface area contributed by atoms with Gasteiger partial charge in [0.1, 0.15) is 12.2 Å². The topological polar surface area (TPSA) is 69.7 Å². The number of methoxy groups -OCH3 is 2. The summed E-state index contributed by atoms with van der Waals surface area (Å²) in [5.74, 6) is 0.949. The minimum atomic E-state index is -0.737. The van der Waals surface area contributed by atoms with Crippen LogP contribution in [0.25, 0.3) is 0 Å². The van der Waals surface area contributed by atoms with E-state index in [2.05, 4.69) is 17.2 Å². The van der Waals surface area contributed by atoms with Crippen LogP contribution in [0.2, 0.25) is 0 Å². The lowest BCUT2D eigenvalue weighted by Crippen LogP contribution is -2.47. The van der Waals surface area contributed by atoms with Crippen molar-refractivity contribution < 1.29 is 19.0 Å². The van der Waals surface area contributed by atoms with Gasteiger partial charge in [-0.15, -0.1) is 0 Å². The Hall–Kier alpha value is -1.66. The molecule has 1 N–H and O–H groups in total. The van der Waals surface area contributed by atoms with Gasteiger partial charge < -0.3 is 19.5 Å². The smallest absolute Gasteiger partial charge is 0.256 e. The van der Waals surface area contributed by atoms with Crippen molar-refractivity contribution in [1.82, 2.24) is 4.98 Å². The zero-order valence-corrected chi connectivity index (χ0v) is 15.1. The van der Waals surface area contributed by atoms with Crippen LogP contribution in [-0.2, 0) is 14.3 Å². The SMILES string of the molecule is COCCOc1ncc(NC(=O)C2(OC)CCCC(C)C2)cc1C. The van der Waals surface area contributed by atoms with E-state index in [1.807, 2.05) is 13.0 Å². The van der Waals surface area contributed by atoms with Crippen LogP contribution in [0.4, 0.5) is 5.69 Å². The number of hydrogen-bond donors (Lipinski definition) is 1. The molecular formula is C18H28N2O4. The fraction of sp³-hybridized carbons (Fsp3) is 0.667. The van der Waals surface area contributed by atoms with Gasteiger partial charge in [-0.25, -0.2) is 4.98 Å². The number of nitrogens with one attached hydrogen (secondary N) is 1. The van der Waals surface area contributed by atoms with E-state index in [4.69, 9.17) is 14.2 Å². The van der Waals surface area contributed by atoms with Gasteiger partial charge in [0.15, 0.2) is 0 Å². The molecule has 2 rings (SSSR count). The van der Waals surface area contributed by atoms with Gasteiger partial charge in [-0.05, 0) is 38.2 Å². The fourth-order valence-electron chi connectivity index (χ4n) is 3.24. The summed E-state index contributed by atoms with van der Waals surface area (Å²) in [5.41, 5.74) is 0.790. The maximum absolute atomic E-state index is 12.8. The highest BCUT2D eigenvalue weighted by Crippen LogP contribution is 2.35. The van der Waals surface area contributed by atoms with Gasteiger partial charge in [-0.3, -0.25) is 4.79 Å². The van der Waals surface area contributed by atoms with E-state index in [0.29, 0.717) is 30.7 Å². The second-order valence-electron chi connectivity index (χ2n) is 6.54. The Morgan fingerprint density at radius 1 is 1.42 bits per heavy atom. The van der Waals surface area contributed by atoms with Crippen molar-refractivity contribution in [1.29, 1.82) is 0 Å². The maximum Gasteiger partial charge on any atom is 0.256 e. The summed E-state index contributed by atoms with van der Waals surface area (Å²) in [6.07, 6.45) is 5.27. The molecule has 1 saturated carbocycles. The molecule has 1 aromatic heterocycles. The minimum Gasteiger partial charge on any atom is -0.475 e. The predicted molar refractivity (Wildman–Crippen MR) is 92.3 cm³/mol. The molecule has 1 aliphatic rings. The van der Waals surface area contributed by atoms with Gasteiger partial charge in [-0.1, -0.05) is 13.3 Å². The first-order valence-corrected chi connectivity index (χ1v) is 8.46. The molecule has 0 bridgehead atoms. The van der Waals surface area contributed by atoms with Crippen molar-refractivity contribution in [2.24, 2.45) is 5.92 Å². The molecule has 6 nitrogen and oxygen atoms in total. The Kier molecular flexibility index (Phi) is 6.57. The molecule has 0 saturated heterocycles. The van der Waals surface area contributed by atoms with E-state index in [0.717, 1.165) is 31.2 Å². The number of nitrogens with zero attached hydrogens (tertiary/aromatic N) is 1. The van der Waals surface area contributed by atoms with Gasteiger partial charge in [0.25, 0.3) is 5.91 Å². The van der Waals surface area contributed by atoms with Crippen LogP contribution in [0, 0.1) is 12.8 Å². The summed E-state index contributed by atoms with van der Waals surface area (Å²) in [6, 6.07) is 1.86. The molecular weight excluding hydrogens is 308 g/mol. The summed E-state index contributed by atoms with van der Waals surface area (Å²) in [4.78, 5) is 17.0. The number of carbonyl (C=O) groups excluding carboxylic acids is 1. The highest BCUT2D eigenvalue weighted by Gasteiger charge is 2.42. The minimum absolute atomic E-state index is 0.0919. The van der Waals surface area contributed by atoms with Gasteiger partial charge in [0.05, 0.1) is 18.5 Å². The summed E-state index contributed by atoms with van der Waals surface area (Å²) in [6.45, 7) is 5.02. The molecule has 24 heavy (non-hydrogen) atoms. The van der Waals surface area contributed by atoms with E-state index >= 15 is 0 Å². The van der Waals surface area contributed by atoms with E-state index in [9.17, 15) is 4.79 Å². The Bertz CT molecular complexity index is 564. The molecule has 0 aliphatic heterocycles. The Morgan fingerprint density at radius 3 is 2.83 bits per heavy atom. The third-order valence-corrected chi connectivity index (χ3v) is 4.57. The van der Waals surface area contributed by atoms with E-state index in [-0.39, 0.29) is 5.91 Å². The van der Waals surface area contributed by atoms with Crippen LogP contribution in [0.3, 0.4) is 0 Å². The molecule has 2 unspecified atom stereocenters. The summed E-state index contributed by atoms with van der Waals surface area (Å²) < 4.78 is 16.1. The number of carbonyl (C=O) groups is 1. The summed E-state index contributed by atoms with van der Waals surface area (Å²) in [7, 11) is 3.24. The Morgan fingerprint density at radius 2 is 2.21 bits per heavy atom. The van der Waals surface area contributed by atoms with Crippen molar-refractivity contribution in [3.8, 4) is 5.88 Å². The van der Waals surface area contributed by atoms with Crippen LogP contribution in [0.1, 0.15) is 38.2 Å². The van der Waals surface area contributed by atoms with Gasteiger partial charge in [0, 0.05) is 19.8 Å². The van der Waals surface area contributed by atoms with Crippen molar-refractivity contribution in [3.63, 3.8) is 0 Å². The Labute approximate surface area is 143 Å². The molecule has 1 fully saturated rings. The number of amides is 1. The van der Waals surface area contributed by atoms with Crippen LogP contribution < -0.4 is 10.1 Å². The maximum atomic E-state index is 12.8. The van der Waals surface area contributed by atoms with Crippen LogP contribution in [-0.4, -0.2) is 43.9 Å². The zero-order valence-electron chi connectivity index (χ0n) is 15.1. The monoisotopic (exact) mass is 336 g/mol. The second-order valence-corrected chi connectivity index (χ2v) is 6.54. The average Bonchev–Trinajstić information content (AvgIpc) is 2.56. The number of aryl methyl sites for hydroxylation is 1. The number of pyridine rings is 1. The number of rotatable bonds is 7. The number of anilines is 1. The van der Waals surface area contributed by atoms with Crippen LogP contribution >= 0.6 is 0 Å². The first-order chi connectivity index (χ1) is 11.5. The largest absolute Gasteiger partial charge is 0.475 e. The standard InChI is InChI=1S/C18H28N2O4/c1-13-6-5-7-18(11-13,23-4)17(21)20-15-10-14(2)16(19-12-15)24-9-8-22-3/h10,12-13H,5-9,11H2,1-4H3,(H,20,21). The lowest BCUT2D eigenvalue weighted by Gasteiger charge is -2.37. The van der Waals surface area contributed by atoms with Crippen molar-refractivity contribution in [3.05, 3.63) is 17.8 Å². The molecule has 134 valence electrons. The summed E-state index contributed by atoms with van der Waals surface area (Å²) >= 11 is 0. The lowest BCUT2D eigenvalue weighted by atomic mass is 9.78. The first-order valence-electron chi connectivity index (χ1n) is 8.46. The molecule has 2 atom stereocenters. The second kappa shape index (κ2) is 8.44. The highest BCUT2D eigenvalue weighted by molar-refractivity contribution is 5.97. The number of hydrogen-bond acceptors (Lipinski definition) is 5. The summed E-state index contributed by atoms with van der Waals surface area (Å²) in [5, 5.41) is 2.95. The molecule has 0 spiro atoms. The number of aromatic nitrogens is 1. The van der Waals surface area contributed by atoms with Crippen molar-refractivity contribution in [2.75, 3.05) is 32.8 Å². The molecule has 0 radical (unpaired) electrons. The Balaban J connectivity index is 2.04. The highest BCUT2D eigenvalue weighted by atomic mass is 16.5. The molecule has 1 heterocycles. The quantitative estimate of drug-likeness (QED) is 0.775.